The Labute approximate surface area is 121 Å². The first-order valence-electron chi connectivity index (χ1n) is 4.80. The second-order valence-corrected chi connectivity index (χ2v) is 4.90. The minimum atomic E-state index is -0.329. The van der Waals surface area contributed by atoms with Crippen LogP contribution in [0.2, 0.25) is 10.2 Å². The summed E-state index contributed by atoms with van der Waals surface area (Å²) in [6, 6.07) is 4.90. The Morgan fingerprint density at radius 3 is 2.61 bits per heavy atom. The maximum atomic E-state index is 11.9. The Kier molecular flexibility index (Phi) is 4.16. The molecule has 0 fully saturated rings. The highest BCUT2D eigenvalue weighted by molar-refractivity contribution is 9.10. The van der Waals surface area contributed by atoms with Gasteiger partial charge >= 0.3 is 0 Å². The number of aromatic nitrogens is 2. The fourth-order valence-corrected chi connectivity index (χ4v) is 1.70. The van der Waals surface area contributed by atoms with Crippen molar-refractivity contribution in [3.8, 4) is 0 Å². The van der Waals surface area contributed by atoms with Crippen LogP contribution in [-0.4, -0.2) is 15.9 Å². The maximum absolute atomic E-state index is 11.9. The van der Waals surface area contributed by atoms with Crippen LogP contribution in [0.5, 0.6) is 0 Å². The van der Waals surface area contributed by atoms with Gasteiger partial charge in [0.15, 0.2) is 0 Å². The lowest BCUT2D eigenvalue weighted by atomic mass is 10.2. The van der Waals surface area contributed by atoms with E-state index in [4.69, 9.17) is 23.2 Å². The van der Waals surface area contributed by atoms with Gasteiger partial charge in [0, 0.05) is 6.20 Å². The zero-order valence-corrected chi connectivity index (χ0v) is 11.9. The van der Waals surface area contributed by atoms with Crippen molar-refractivity contribution < 1.29 is 4.79 Å². The summed E-state index contributed by atoms with van der Waals surface area (Å²) in [5.41, 5.74) is 0.904. The van der Waals surface area contributed by atoms with E-state index in [1.54, 1.807) is 12.1 Å². The zero-order valence-electron chi connectivity index (χ0n) is 8.82. The number of hydrogen-bond donors (Lipinski definition) is 1. The summed E-state index contributed by atoms with van der Waals surface area (Å²) in [5.74, 6) is -0.329. The predicted octanol–water partition coefficient (Wildman–Crippen LogP) is 3.80. The second-order valence-electron chi connectivity index (χ2n) is 3.32. The molecule has 2 heterocycles. The molecule has 0 saturated heterocycles. The van der Waals surface area contributed by atoms with Crippen molar-refractivity contribution in [2.45, 2.75) is 0 Å². The largest absolute Gasteiger partial charge is 0.321 e. The number of anilines is 1. The van der Waals surface area contributed by atoms with Crippen molar-refractivity contribution in [3.63, 3.8) is 0 Å². The fraction of sp³-hybridized carbons (Fsp3) is 0. The van der Waals surface area contributed by atoms with E-state index in [1.807, 2.05) is 0 Å². The molecule has 1 amide bonds. The van der Waals surface area contributed by atoms with Crippen LogP contribution in [0.15, 0.2) is 35.2 Å². The molecule has 0 bridgehead atoms. The molecule has 92 valence electrons. The minimum absolute atomic E-state index is 0.165. The Hall–Kier alpha value is -1.17. The van der Waals surface area contributed by atoms with Crippen LogP contribution in [0.25, 0.3) is 0 Å². The lowest BCUT2D eigenvalue weighted by Gasteiger charge is -2.05. The van der Waals surface area contributed by atoms with Gasteiger partial charge in [-0.3, -0.25) is 4.79 Å². The quantitative estimate of drug-likeness (QED) is 0.841. The van der Waals surface area contributed by atoms with E-state index in [0.717, 1.165) is 0 Å². The van der Waals surface area contributed by atoms with Crippen molar-refractivity contribution >= 4 is 50.7 Å². The van der Waals surface area contributed by atoms with Gasteiger partial charge in [-0.1, -0.05) is 23.2 Å². The van der Waals surface area contributed by atoms with Crippen molar-refractivity contribution in [1.29, 1.82) is 0 Å². The van der Waals surface area contributed by atoms with Gasteiger partial charge in [0.1, 0.15) is 9.76 Å². The Bertz CT molecular complexity index is 589. The molecular formula is C11H6BrCl2N3O. The van der Waals surface area contributed by atoms with Crippen molar-refractivity contribution in [3.05, 3.63) is 50.9 Å². The summed E-state index contributed by atoms with van der Waals surface area (Å²) in [7, 11) is 0. The average Bonchev–Trinajstić information content (AvgIpc) is 2.35. The number of hydrogen-bond acceptors (Lipinski definition) is 3. The van der Waals surface area contributed by atoms with Crippen LogP contribution < -0.4 is 5.32 Å². The van der Waals surface area contributed by atoms with Crippen molar-refractivity contribution in [2.24, 2.45) is 0 Å². The van der Waals surface area contributed by atoms with Gasteiger partial charge in [0.25, 0.3) is 5.91 Å². The van der Waals surface area contributed by atoms with Crippen molar-refractivity contribution in [2.75, 3.05) is 5.32 Å². The molecule has 0 spiro atoms. The second kappa shape index (κ2) is 5.65. The normalized spacial score (nSPS) is 10.2. The van der Waals surface area contributed by atoms with E-state index in [-0.39, 0.29) is 16.1 Å². The third-order valence-corrected chi connectivity index (χ3v) is 3.20. The Morgan fingerprint density at radius 1 is 1.22 bits per heavy atom. The third-order valence-electron chi connectivity index (χ3n) is 2.04. The van der Waals surface area contributed by atoms with Gasteiger partial charge in [0.05, 0.1) is 22.5 Å². The summed E-state index contributed by atoms with van der Waals surface area (Å²) < 4.78 is 0.691. The van der Waals surface area contributed by atoms with Crippen molar-refractivity contribution in [1.82, 2.24) is 9.97 Å². The molecule has 2 aromatic heterocycles. The highest BCUT2D eigenvalue weighted by atomic mass is 79.9. The van der Waals surface area contributed by atoms with Crippen LogP contribution in [-0.2, 0) is 0 Å². The number of halogens is 3. The molecule has 0 aliphatic rings. The molecule has 0 aliphatic heterocycles. The lowest BCUT2D eigenvalue weighted by molar-refractivity contribution is 0.102. The van der Waals surface area contributed by atoms with E-state index in [9.17, 15) is 4.79 Å². The van der Waals surface area contributed by atoms with Gasteiger partial charge in [-0.15, -0.1) is 0 Å². The summed E-state index contributed by atoms with van der Waals surface area (Å²) in [6.07, 6.45) is 2.89. The molecule has 0 atom stereocenters. The molecule has 0 aliphatic carbocycles. The molecule has 7 heteroatoms. The van der Waals surface area contributed by atoms with Gasteiger partial charge in [-0.2, -0.15) is 0 Å². The van der Waals surface area contributed by atoms with E-state index in [1.165, 1.54) is 18.5 Å². The minimum Gasteiger partial charge on any atom is -0.321 e. The molecular weight excluding hydrogens is 341 g/mol. The molecule has 0 saturated carbocycles. The van der Waals surface area contributed by atoms with E-state index >= 15 is 0 Å². The first-order valence-corrected chi connectivity index (χ1v) is 6.35. The summed E-state index contributed by atoms with van der Waals surface area (Å²) >= 11 is 14.7. The lowest BCUT2D eigenvalue weighted by Crippen LogP contribution is -2.12. The number of carbonyl (C=O) groups excluding carboxylic acids is 1. The third kappa shape index (κ3) is 3.19. The first-order chi connectivity index (χ1) is 8.56. The maximum Gasteiger partial charge on any atom is 0.257 e. The molecule has 1 N–H and O–H groups in total. The smallest absolute Gasteiger partial charge is 0.257 e. The monoisotopic (exact) mass is 345 g/mol. The number of amides is 1. The van der Waals surface area contributed by atoms with Crippen LogP contribution in [0.4, 0.5) is 5.69 Å². The summed E-state index contributed by atoms with van der Waals surface area (Å²) in [4.78, 5) is 19.7. The number of nitrogens with zero attached hydrogens (tertiary/aromatic N) is 2. The standard InChI is InChI=1S/C11H6BrCl2N3O/c12-9-2-1-7(5-15-9)17-11(18)6-3-8(13)10(14)16-4-6/h1-5H,(H,17,18). The van der Waals surface area contributed by atoms with Gasteiger partial charge in [-0.25, -0.2) is 9.97 Å². The number of rotatable bonds is 2. The van der Waals surface area contributed by atoms with Crippen LogP contribution in [0, 0.1) is 0 Å². The topological polar surface area (TPSA) is 54.9 Å². The predicted molar refractivity (Wildman–Crippen MR) is 74.1 cm³/mol. The molecule has 2 rings (SSSR count). The number of nitrogens with one attached hydrogen (secondary N) is 1. The van der Waals surface area contributed by atoms with Gasteiger partial charge < -0.3 is 5.32 Å². The van der Waals surface area contributed by atoms with Crippen LogP contribution >= 0.6 is 39.1 Å². The highest BCUT2D eigenvalue weighted by Gasteiger charge is 2.09. The summed E-state index contributed by atoms with van der Waals surface area (Å²) in [5, 5.41) is 3.07. The molecule has 2 aromatic rings. The molecule has 0 radical (unpaired) electrons. The van der Waals surface area contributed by atoms with E-state index in [0.29, 0.717) is 15.9 Å². The Balaban J connectivity index is 2.16. The molecule has 0 aromatic carbocycles. The van der Waals surface area contributed by atoms with Gasteiger partial charge in [0.2, 0.25) is 0 Å². The average molecular weight is 347 g/mol. The first kappa shape index (κ1) is 13.3. The Morgan fingerprint density at radius 2 is 2.00 bits per heavy atom. The van der Waals surface area contributed by atoms with E-state index in [2.05, 4.69) is 31.2 Å². The molecule has 4 nitrogen and oxygen atoms in total. The SMILES string of the molecule is O=C(Nc1ccc(Br)nc1)c1cnc(Cl)c(Cl)c1. The zero-order chi connectivity index (χ0) is 13.1. The van der Waals surface area contributed by atoms with E-state index < -0.39 is 0 Å². The van der Waals surface area contributed by atoms with Gasteiger partial charge in [-0.05, 0) is 34.1 Å². The number of pyridine rings is 2. The highest BCUT2D eigenvalue weighted by Crippen LogP contribution is 2.20. The molecule has 0 unspecified atom stereocenters. The summed E-state index contributed by atoms with van der Waals surface area (Å²) in [6.45, 7) is 0. The molecule has 18 heavy (non-hydrogen) atoms. The van der Waals surface area contributed by atoms with Crippen LogP contribution in [0.1, 0.15) is 10.4 Å². The fourth-order valence-electron chi connectivity index (χ4n) is 1.20. The number of carbonyl (C=O) groups is 1. The van der Waals surface area contributed by atoms with Crippen LogP contribution in [0.3, 0.4) is 0 Å².